The van der Waals surface area contributed by atoms with Crippen molar-refractivity contribution in [3.8, 4) is 0 Å². The van der Waals surface area contributed by atoms with Crippen molar-refractivity contribution in [3.63, 3.8) is 0 Å². The highest BCUT2D eigenvalue weighted by Crippen LogP contribution is 1.90. The van der Waals surface area contributed by atoms with Crippen LogP contribution < -0.4 is 5.19 Å². The fourth-order valence-electron chi connectivity index (χ4n) is 1.47. The highest BCUT2D eigenvalue weighted by Gasteiger charge is 2.11. The molecule has 6 nitrogen and oxygen atoms in total. The van der Waals surface area contributed by atoms with E-state index < -0.39 is 30.5 Å². The lowest BCUT2D eigenvalue weighted by molar-refractivity contribution is -0.137. The first-order chi connectivity index (χ1) is 9.90. The van der Waals surface area contributed by atoms with E-state index >= 15 is 0 Å². The first kappa shape index (κ1) is 19.5. The summed E-state index contributed by atoms with van der Waals surface area (Å²) >= 11 is 0. The molecule has 0 N–H and O–H groups in total. The summed E-state index contributed by atoms with van der Waals surface area (Å²) < 4.78 is 19.6. The van der Waals surface area contributed by atoms with Crippen LogP contribution in [0.2, 0.25) is 6.55 Å². The van der Waals surface area contributed by atoms with Crippen molar-refractivity contribution < 1.29 is 27.3 Å². The van der Waals surface area contributed by atoms with E-state index in [0.717, 1.165) is 0 Å². The normalized spacial score (nSPS) is 9.86. The Labute approximate surface area is 128 Å². The Hall–Kier alpha value is -1.49. The third-order valence-electron chi connectivity index (χ3n) is 2.16. The van der Waals surface area contributed by atoms with Gasteiger partial charge in [-0.05, 0) is 11.7 Å². The molecule has 0 aliphatic rings. The van der Waals surface area contributed by atoms with Crippen molar-refractivity contribution in [1.29, 1.82) is 0 Å². The van der Waals surface area contributed by atoms with Crippen LogP contribution >= 0.6 is 0 Å². The zero-order valence-electron chi connectivity index (χ0n) is 13.0. The average molecular weight is 330 g/mol. The molecule has 1 aromatic carbocycles. The van der Waals surface area contributed by atoms with Crippen molar-refractivity contribution in [1.82, 2.24) is 0 Å². The van der Waals surface area contributed by atoms with Crippen LogP contribution in [0.25, 0.3) is 0 Å². The summed E-state index contributed by atoms with van der Waals surface area (Å²) in [6.07, 6.45) is 0. The minimum absolute atomic E-state index is 0.402. The van der Waals surface area contributed by atoms with Gasteiger partial charge >= 0.3 is 18.6 Å². The van der Waals surface area contributed by atoms with Gasteiger partial charge < -0.3 is 17.7 Å². The van der Waals surface area contributed by atoms with Gasteiger partial charge in [0.1, 0.15) is 0 Å². The molecule has 0 atom stereocenters. The molecule has 0 spiro atoms. The molecule has 0 heterocycles. The molecule has 0 amide bonds. The van der Waals surface area contributed by atoms with Crippen molar-refractivity contribution in [2.45, 2.75) is 20.4 Å². The summed E-state index contributed by atoms with van der Waals surface area (Å²) in [6, 6.07) is 10.0. The zero-order chi connectivity index (χ0) is 16.3. The molecule has 0 saturated heterocycles. The van der Waals surface area contributed by atoms with E-state index in [0.29, 0.717) is 0 Å². The van der Waals surface area contributed by atoms with Crippen LogP contribution in [0.4, 0.5) is 0 Å². The Bertz CT molecular complexity index is 406. The predicted octanol–water partition coefficient (Wildman–Crippen LogP) is 0.370. The molecule has 8 heteroatoms. The molecular formula is C13H22O6Si2. The third-order valence-corrected chi connectivity index (χ3v) is 5.28. The predicted molar refractivity (Wildman–Crippen MR) is 83.8 cm³/mol. The fourth-order valence-corrected chi connectivity index (χ4v) is 3.73. The number of carbonyl (C=O) groups excluding carboxylic acids is 2. The van der Waals surface area contributed by atoms with Crippen LogP contribution in [0, 0.1) is 0 Å². The first-order valence-electron chi connectivity index (χ1n) is 6.35. The van der Waals surface area contributed by atoms with Gasteiger partial charge in [0.15, 0.2) is 0 Å². The molecule has 0 fully saturated rings. The second-order valence-corrected chi connectivity index (χ2v) is 7.88. The van der Waals surface area contributed by atoms with E-state index in [9.17, 15) is 9.59 Å². The summed E-state index contributed by atoms with van der Waals surface area (Å²) in [5.41, 5.74) is 0. The number of benzene rings is 1. The van der Waals surface area contributed by atoms with E-state index in [2.05, 4.69) is 8.85 Å². The highest BCUT2D eigenvalue weighted by molar-refractivity contribution is 6.61. The second kappa shape index (κ2) is 11.2. The molecule has 0 radical (unpaired) electrons. The average Bonchev–Trinajstić information content (AvgIpc) is 2.40. The largest absolute Gasteiger partial charge is 0.487 e. The minimum atomic E-state index is -2.02. The second-order valence-electron chi connectivity index (χ2n) is 4.00. The summed E-state index contributed by atoms with van der Waals surface area (Å²) in [7, 11) is -0.192. The maximum atomic E-state index is 10.3. The summed E-state index contributed by atoms with van der Waals surface area (Å²) in [5, 5.41) is 1.18. The molecule has 0 saturated carbocycles. The zero-order valence-corrected chi connectivity index (χ0v) is 15.3. The SMILES string of the molecule is CC(=O)O[SiH](C)OC(C)=O.CO[SiH](OC)c1ccccc1. The van der Waals surface area contributed by atoms with Gasteiger partial charge in [0.05, 0.1) is 0 Å². The summed E-state index contributed by atoms with van der Waals surface area (Å²) in [5.74, 6) is -0.805. The molecule has 0 aliphatic carbocycles. The molecule has 21 heavy (non-hydrogen) atoms. The van der Waals surface area contributed by atoms with Gasteiger partial charge in [0.2, 0.25) is 0 Å². The minimum Gasteiger partial charge on any atom is -0.487 e. The monoisotopic (exact) mass is 330 g/mol. The molecule has 0 aliphatic heterocycles. The summed E-state index contributed by atoms with van der Waals surface area (Å²) in [6.45, 7) is 4.18. The van der Waals surface area contributed by atoms with E-state index in [1.165, 1.54) is 19.0 Å². The molecule has 0 bridgehead atoms. The molecule has 0 aromatic heterocycles. The van der Waals surface area contributed by atoms with Gasteiger partial charge in [-0.1, -0.05) is 30.3 Å². The van der Waals surface area contributed by atoms with E-state index in [-0.39, 0.29) is 0 Å². The van der Waals surface area contributed by atoms with Gasteiger partial charge in [-0.2, -0.15) is 0 Å². The highest BCUT2D eigenvalue weighted by atomic mass is 28.3. The van der Waals surface area contributed by atoms with E-state index in [1.54, 1.807) is 20.8 Å². The topological polar surface area (TPSA) is 71.1 Å². The van der Waals surface area contributed by atoms with E-state index in [4.69, 9.17) is 8.85 Å². The van der Waals surface area contributed by atoms with Gasteiger partial charge in [0, 0.05) is 28.1 Å². The Kier molecular flexibility index (Phi) is 10.4. The Morgan fingerprint density at radius 3 is 1.67 bits per heavy atom. The van der Waals surface area contributed by atoms with E-state index in [1.807, 2.05) is 30.3 Å². The first-order valence-corrected chi connectivity index (χ1v) is 9.97. The van der Waals surface area contributed by atoms with Crippen LogP contribution in [-0.4, -0.2) is 44.7 Å². The third kappa shape index (κ3) is 9.96. The number of carbonyl (C=O) groups is 2. The summed E-state index contributed by atoms with van der Waals surface area (Å²) in [4.78, 5) is 20.5. The number of rotatable bonds is 5. The number of hydrogen-bond acceptors (Lipinski definition) is 6. The maximum Gasteiger partial charge on any atom is 0.444 e. The maximum absolute atomic E-state index is 10.3. The molecule has 118 valence electrons. The quantitative estimate of drug-likeness (QED) is 0.727. The van der Waals surface area contributed by atoms with Crippen LogP contribution in [0.3, 0.4) is 0 Å². The van der Waals surface area contributed by atoms with Gasteiger partial charge in [-0.3, -0.25) is 9.59 Å². The smallest absolute Gasteiger partial charge is 0.444 e. The molecule has 0 unspecified atom stereocenters. The Morgan fingerprint density at radius 2 is 1.33 bits per heavy atom. The molecule has 1 aromatic rings. The van der Waals surface area contributed by atoms with Crippen LogP contribution in [0.5, 0.6) is 0 Å². The van der Waals surface area contributed by atoms with Crippen molar-refractivity contribution in [3.05, 3.63) is 30.3 Å². The molecule has 1 rings (SSSR count). The lowest BCUT2D eigenvalue weighted by Gasteiger charge is -2.09. The fraction of sp³-hybridized carbons (Fsp3) is 0.385. The van der Waals surface area contributed by atoms with Crippen LogP contribution in [0.15, 0.2) is 30.3 Å². The van der Waals surface area contributed by atoms with Crippen LogP contribution in [0.1, 0.15) is 13.8 Å². The van der Waals surface area contributed by atoms with Crippen LogP contribution in [-0.2, 0) is 27.3 Å². The van der Waals surface area contributed by atoms with Crippen molar-refractivity contribution in [2.24, 2.45) is 0 Å². The van der Waals surface area contributed by atoms with Gasteiger partial charge in [0.25, 0.3) is 11.9 Å². The number of hydrogen-bond donors (Lipinski definition) is 0. The van der Waals surface area contributed by atoms with Crippen molar-refractivity contribution in [2.75, 3.05) is 14.2 Å². The van der Waals surface area contributed by atoms with Crippen molar-refractivity contribution >= 4 is 35.7 Å². The molecular weight excluding hydrogens is 308 g/mol. The van der Waals surface area contributed by atoms with Gasteiger partial charge in [-0.15, -0.1) is 0 Å². The standard InChI is InChI=1S/C8H12O2Si.C5H10O4Si/c1-9-11(10-2)8-6-4-3-5-7-8;1-4(6)8-10(3)9-5(2)7/h3-7,11H,1-2H3;10H,1-3H3. The Morgan fingerprint density at radius 1 is 0.905 bits per heavy atom. The lowest BCUT2D eigenvalue weighted by atomic mass is 10.4. The lowest BCUT2D eigenvalue weighted by Crippen LogP contribution is -2.34. The Balaban J connectivity index is 0.000000384. The van der Waals surface area contributed by atoms with Gasteiger partial charge in [-0.25, -0.2) is 0 Å².